The largest absolute Gasteiger partial charge is 0.383 e. The van der Waals surface area contributed by atoms with Gasteiger partial charge in [0.2, 0.25) is 0 Å². The zero-order valence-electron chi connectivity index (χ0n) is 8.46. The van der Waals surface area contributed by atoms with Gasteiger partial charge in [0.25, 0.3) is 0 Å². The molecule has 0 aliphatic carbocycles. The summed E-state index contributed by atoms with van der Waals surface area (Å²) in [5.74, 6) is 0. The number of methoxy groups -OCH3 is 1. The standard InChI is InChI=1S/C10H15ClN2O/c1-3-12-10(7-14-2)9-5-4-8(11)6-13-9/h4-6,10,12H,3,7H2,1-2H3. The van der Waals surface area contributed by atoms with Crippen LogP contribution in [0.5, 0.6) is 0 Å². The van der Waals surface area contributed by atoms with Crippen LogP contribution in [-0.2, 0) is 4.74 Å². The number of halogens is 1. The molecule has 0 spiro atoms. The number of pyridine rings is 1. The van der Waals surface area contributed by atoms with Crippen molar-refractivity contribution in [2.24, 2.45) is 0 Å². The Balaban J connectivity index is 2.71. The molecule has 0 aliphatic heterocycles. The predicted molar refractivity (Wildman–Crippen MR) is 57.5 cm³/mol. The predicted octanol–water partition coefficient (Wildman–Crippen LogP) is 2.03. The third-order valence-electron chi connectivity index (χ3n) is 1.89. The lowest BCUT2D eigenvalue weighted by Crippen LogP contribution is -2.25. The van der Waals surface area contributed by atoms with Crippen molar-refractivity contribution in [3.63, 3.8) is 0 Å². The number of likely N-dealkylation sites (N-methyl/N-ethyl adjacent to an activating group) is 1. The van der Waals surface area contributed by atoms with E-state index in [1.54, 1.807) is 13.3 Å². The molecule has 0 saturated carbocycles. The number of hydrogen-bond donors (Lipinski definition) is 1. The Morgan fingerprint density at radius 1 is 1.57 bits per heavy atom. The molecule has 3 nitrogen and oxygen atoms in total. The van der Waals surface area contributed by atoms with Crippen LogP contribution in [-0.4, -0.2) is 25.2 Å². The summed E-state index contributed by atoms with van der Waals surface area (Å²) >= 11 is 5.76. The SMILES string of the molecule is CCNC(COC)c1ccc(Cl)cn1. The Kier molecular flexibility index (Phi) is 4.87. The van der Waals surface area contributed by atoms with E-state index in [0.717, 1.165) is 12.2 Å². The minimum absolute atomic E-state index is 0.141. The van der Waals surface area contributed by atoms with E-state index in [-0.39, 0.29) is 6.04 Å². The zero-order valence-corrected chi connectivity index (χ0v) is 9.21. The molecule has 1 N–H and O–H groups in total. The van der Waals surface area contributed by atoms with E-state index in [2.05, 4.69) is 17.2 Å². The van der Waals surface area contributed by atoms with Crippen LogP contribution < -0.4 is 5.32 Å². The van der Waals surface area contributed by atoms with Crippen molar-refractivity contribution >= 4 is 11.6 Å². The van der Waals surface area contributed by atoms with Gasteiger partial charge in [-0.2, -0.15) is 0 Å². The van der Waals surface area contributed by atoms with Crippen LogP contribution in [0.3, 0.4) is 0 Å². The minimum Gasteiger partial charge on any atom is -0.383 e. The van der Waals surface area contributed by atoms with Crippen molar-refractivity contribution < 1.29 is 4.74 Å². The minimum atomic E-state index is 0.141. The van der Waals surface area contributed by atoms with Gasteiger partial charge in [0.1, 0.15) is 0 Å². The Bertz CT molecular complexity index is 257. The van der Waals surface area contributed by atoms with Gasteiger partial charge < -0.3 is 10.1 Å². The highest BCUT2D eigenvalue weighted by molar-refractivity contribution is 6.30. The summed E-state index contributed by atoms with van der Waals surface area (Å²) in [4.78, 5) is 4.24. The highest BCUT2D eigenvalue weighted by Crippen LogP contribution is 2.13. The fraction of sp³-hybridized carbons (Fsp3) is 0.500. The molecule has 0 fully saturated rings. The molecule has 1 unspecified atom stereocenters. The quantitative estimate of drug-likeness (QED) is 0.815. The van der Waals surface area contributed by atoms with Gasteiger partial charge in [-0.15, -0.1) is 0 Å². The third-order valence-corrected chi connectivity index (χ3v) is 2.11. The van der Waals surface area contributed by atoms with Crippen molar-refractivity contribution in [1.29, 1.82) is 0 Å². The molecule has 1 heterocycles. The Morgan fingerprint density at radius 3 is 2.86 bits per heavy atom. The lowest BCUT2D eigenvalue weighted by Gasteiger charge is -2.15. The van der Waals surface area contributed by atoms with Gasteiger partial charge in [0.05, 0.1) is 23.4 Å². The lowest BCUT2D eigenvalue weighted by molar-refractivity contribution is 0.166. The Hall–Kier alpha value is -0.640. The van der Waals surface area contributed by atoms with Crippen LogP contribution in [0.1, 0.15) is 18.7 Å². The zero-order chi connectivity index (χ0) is 10.4. The van der Waals surface area contributed by atoms with Crippen LogP contribution in [0.15, 0.2) is 18.3 Å². The van der Waals surface area contributed by atoms with Crippen molar-refractivity contribution in [3.8, 4) is 0 Å². The molecule has 1 atom stereocenters. The molecule has 0 bridgehead atoms. The molecule has 0 aliphatic rings. The van der Waals surface area contributed by atoms with E-state index in [1.807, 2.05) is 12.1 Å². The van der Waals surface area contributed by atoms with Crippen LogP contribution in [0.2, 0.25) is 5.02 Å². The summed E-state index contributed by atoms with van der Waals surface area (Å²) in [7, 11) is 1.68. The van der Waals surface area contributed by atoms with Gasteiger partial charge in [-0.25, -0.2) is 0 Å². The molecule has 78 valence electrons. The maximum atomic E-state index is 5.76. The van der Waals surface area contributed by atoms with Crippen LogP contribution in [0, 0.1) is 0 Å². The smallest absolute Gasteiger partial charge is 0.0732 e. The number of hydrogen-bond acceptors (Lipinski definition) is 3. The van der Waals surface area contributed by atoms with Gasteiger partial charge in [-0.05, 0) is 18.7 Å². The lowest BCUT2D eigenvalue weighted by atomic mass is 10.2. The second kappa shape index (κ2) is 5.96. The number of nitrogens with zero attached hydrogens (tertiary/aromatic N) is 1. The second-order valence-corrected chi connectivity index (χ2v) is 3.40. The van der Waals surface area contributed by atoms with Crippen LogP contribution in [0.25, 0.3) is 0 Å². The van der Waals surface area contributed by atoms with Crippen molar-refractivity contribution in [3.05, 3.63) is 29.0 Å². The molecule has 1 aromatic heterocycles. The molecular formula is C10H15ClN2O. The summed E-state index contributed by atoms with van der Waals surface area (Å²) in [6.45, 7) is 3.55. The fourth-order valence-corrected chi connectivity index (χ4v) is 1.37. The fourth-order valence-electron chi connectivity index (χ4n) is 1.26. The highest BCUT2D eigenvalue weighted by Gasteiger charge is 2.10. The first-order valence-corrected chi connectivity index (χ1v) is 4.99. The first-order valence-electron chi connectivity index (χ1n) is 4.61. The molecule has 0 amide bonds. The average Bonchev–Trinajstić information content (AvgIpc) is 2.19. The normalized spacial score (nSPS) is 12.8. The topological polar surface area (TPSA) is 34.1 Å². The number of aromatic nitrogens is 1. The van der Waals surface area contributed by atoms with Crippen LogP contribution in [0.4, 0.5) is 0 Å². The Morgan fingerprint density at radius 2 is 2.36 bits per heavy atom. The number of rotatable bonds is 5. The van der Waals surface area contributed by atoms with Gasteiger partial charge >= 0.3 is 0 Å². The van der Waals surface area contributed by atoms with E-state index >= 15 is 0 Å². The first kappa shape index (κ1) is 11.4. The molecule has 0 saturated heterocycles. The van der Waals surface area contributed by atoms with Gasteiger partial charge in [-0.3, -0.25) is 4.98 Å². The summed E-state index contributed by atoms with van der Waals surface area (Å²) in [6.07, 6.45) is 1.65. The van der Waals surface area contributed by atoms with Gasteiger partial charge in [0.15, 0.2) is 0 Å². The summed E-state index contributed by atoms with van der Waals surface area (Å²) in [6, 6.07) is 3.89. The summed E-state index contributed by atoms with van der Waals surface area (Å²) in [5.41, 5.74) is 0.957. The van der Waals surface area contributed by atoms with E-state index < -0.39 is 0 Å². The van der Waals surface area contributed by atoms with E-state index in [1.165, 1.54) is 0 Å². The second-order valence-electron chi connectivity index (χ2n) is 2.97. The maximum absolute atomic E-state index is 5.76. The third kappa shape index (κ3) is 3.25. The molecule has 14 heavy (non-hydrogen) atoms. The first-order chi connectivity index (χ1) is 6.77. The molecule has 4 heteroatoms. The average molecular weight is 215 g/mol. The van der Waals surface area contributed by atoms with Crippen LogP contribution >= 0.6 is 11.6 Å². The van der Waals surface area contributed by atoms with E-state index in [0.29, 0.717) is 11.6 Å². The Labute approximate surface area is 89.4 Å². The van der Waals surface area contributed by atoms with Gasteiger partial charge in [-0.1, -0.05) is 18.5 Å². The van der Waals surface area contributed by atoms with E-state index in [4.69, 9.17) is 16.3 Å². The van der Waals surface area contributed by atoms with Crippen molar-refractivity contribution in [1.82, 2.24) is 10.3 Å². The monoisotopic (exact) mass is 214 g/mol. The van der Waals surface area contributed by atoms with E-state index in [9.17, 15) is 0 Å². The highest BCUT2D eigenvalue weighted by atomic mass is 35.5. The van der Waals surface area contributed by atoms with Crippen molar-refractivity contribution in [2.45, 2.75) is 13.0 Å². The number of ether oxygens (including phenoxy) is 1. The molecular weight excluding hydrogens is 200 g/mol. The molecule has 0 radical (unpaired) electrons. The molecule has 1 rings (SSSR count). The summed E-state index contributed by atoms with van der Waals surface area (Å²) < 4.78 is 5.11. The number of nitrogens with one attached hydrogen (secondary N) is 1. The van der Waals surface area contributed by atoms with Gasteiger partial charge in [0, 0.05) is 13.3 Å². The summed E-state index contributed by atoms with van der Waals surface area (Å²) in [5, 5.41) is 3.94. The van der Waals surface area contributed by atoms with Crippen molar-refractivity contribution in [2.75, 3.05) is 20.3 Å². The molecule has 1 aromatic rings. The molecule has 0 aromatic carbocycles. The maximum Gasteiger partial charge on any atom is 0.0732 e.